The molecule has 0 spiro atoms. The Kier molecular flexibility index (Phi) is 13.8. The fraction of sp³-hybridized carbons (Fsp3) is 0.812. The Morgan fingerprint density at radius 2 is 2.10 bits per heavy atom. The first kappa shape index (κ1) is 19.1. The van der Waals surface area contributed by atoms with Crippen LogP contribution in [0.25, 0.3) is 0 Å². The van der Waals surface area contributed by atoms with Gasteiger partial charge in [-0.15, -0.1) is 12.3 Å². The molecule has 1 amide bonds. The van der Waals surface area contributed by atoms with E-state index in [1.165, 1.54) is 25.7 Å². The summed E-state index contributed by atoms with van der Waals surface area (Å²) in [5.74, 6) is 3.46. The molecule has 0 aromatic heterocycles. The summed E-state index contributed by atoms with van der Waals surface area (Å²) in [5, 5.41) is 2.79. The second-order valence-electron chi connectivity index (χ2n) is 5.45. The van der Waals surface area contributed by atoms with Crippen molar-refractivity contribution in [3.05, 3.63) is 0 Å². The predicted octanol–water partition coefficient (Wildman–Crippen LogP) is 2.48. The summed E-state index contributed by atoms with van der Waals surface area (Å²) in [4.78, 5) is 11.4. The van der Waals surface area contributed by atoms with Crippen molar-refractivity contribution in [2.45, 2.75) is 70.4 Å². The van der Waals surface area contributed by atoms with Gasteiger partial charge in [-0.25, -0.2) is 0 Å². The fourth-order valence-electron chi connectivity index (χ4n) is 2.28. The molecule has 0 rings (SSSR count). The van der Waals surface area contributed by atoms with Gasteiger partial charge in [-0.1, -0.05) is 45.3 Å². The number of unbranched alkanes of at least 4 members (excludes halogenated alkanes) is 4. The monoisotopic (exact) mass is 278 g/mol. The fourth-order valence-corrected chi connectivity index (χ4v) is 2.28. The number of hydrogen-bond donors (Lipinski definition) is 2. The Bertz CT molecular complexity index is 276. The quantitative estimate of drug-likeness (QED) is 0.309. The van der Waals surface area contributed by atoms with Gasteiger partial charge in [-0.3, -0.25) is 4.79 Å². The van der Waals surface area contributed by atoms with E-state index in [4.69, 9.17) is 12.2 Å². The first-order valence-electron chi connectivity index (χ1n) is 8.17. The molecule has 0 aromatic rings. The Hall–Kier alpha value is -0.945. The Labute approximate surface area is 125 Å². The summed E-state index contributed by atoms with van der Waals surface area (Å²) in [7, 11) is 1.10. The first-order chi connectivity index (χ1) is 9.74. The molecule has 114 valence electrons. The Morgan fingerprint density at radius 1 is 1.30 bits per heavy atom. The Morgan fingerprint density at radius 3 is 2.75 bits per heavy atom. The molecule has 4 heteroatoms. The predicted molar refractivity (Wildman–Crippen MR) is 89.2 cm³/mol. The van der Waals surface area contributed by atoms with E-state index >= 15 is 0 Å². The van der Waals surface area contributed by atoms with Gasteiger partial charge in [0, 0.05) is 19.5 Å². The zero-order valence-corrected chi connectivity index (χ0v) is 13.1. The van der Waals surface area contributed by atoms with Crippen LogP contribution in [0, 0.1) is 12.3 Å². The summed E-state index contributed by atoms with van der Waals surface area (Å²) in [6.45, 7) is 3.31. The van der Waals surface area contributed by atoms with E-state index in [0.717, 1.165) is 32.9 Å². The van der Waals surface area contributed by atoms with E-state index in [0.29, 0.717) is 25.3 Å². The zero-order valence-electron chi connectivity index (χ0n) is 13.1. The van der Waals surface area contributed by atoms with E-state index in [9.17, 15) is 4.79 Å². The van der Waals surface area contributed by atoms with Gasteiger partial charge < -0.3 is 11.1 Å². The van der Waals surface area contributed by atoms with E-state index in [1.54, 1.807) is 0 Å². The van der Waals surface area contributed by atoms with E-state index in [1.807, 2.05) is 0 Å². The molecule has 0 aromatic carbocycles. The lowest BCUT2D eigenvalue weighted by molar-refractivity contribution is -0.121. The Balaban J connectivity index is 3.46. The van der Waals surface area contributed by atoms with E-state index in [-0.39, 0.29) is 5.91 Å². The van der Waals surface area contributed by atoms with Crippen molar-refractivity contribution >= 4 is 13.2 Å². The lowest BCUT2D eigenvalue weighted by Crippen LogP contribution is -2.28. The topological polar surface area (TPSA) is 55.1 Å². The maximum Gasteiger partial charge on any atom is 0.220 e. The molecule has 0 fully saturated rings. The van der Waals surface area contributed by atoms with Crippen LogP contribution in [0.1, 0.15) is 58.3 Å². The smallest absolute Gasteiger partial charge is 0.220 e. The SMILES string of the molecule is C#CC(BCCCCC(=O)NCCN)CCCCCC. The average Bonchev–Trinajstić information content (AvgIpc) is 2.46. The van der Waals surface area contributed by atoms with Gasteiger partial charge in [0.1, 0.15) is 7.28 Å². The summed E-state index contributed by atoms with van der Waals surface area (Å²) >= 11 is 0. The highest BCUT2D eigenvalue weighted by atomic mass is 16.1. The van der Waals surface area contributed by atoms with E-state index in [2.05, 4.69) is 18.2 Å². The molecule has 3 nitrogen and oxygen atoms in total. The van der Waals surface area contributed by atoms with Crippen LogP contribution in [-0.4, -0.2) is 26.3 Å². The van der Waals surface area contributed by atoms with Crippen LogP contribution in [0.4, 0.5) is 0 Å². The van der Waals surface area contributed by atoms with Crippen LogP contribution in [0.5, 0.6) is 0 Å². The van der Waals surface area contributed by atoms with E-state index < -0.39 is 0 Å². The summed E-state index contributed by atoms with van der Waals surface area (Å²) in [5.41, 5.74) is 5.33. The molecule has 0 radical (unpaired) electrons. The average molecular weight is 278 g/mol. The molecule has 3 N–H and O–H groups in total. The number of nitrogens with two attached hydrogens (primary N) is 1. The molecule has 0 aliphatic carbocycles. The summed E-state index contributed by atoms with van der Waals surface area (Å²) in [6, 6.07) is 0. The van der Waals surface area contributed by atoms with Crippen LogP contribution >= 0.6 is 0 Å². The molecule has 1 atom stereocenters. The zero-order chi connectivity index (χ0) is 15.1. The van der Waals surface area contributed by atoms with Gasteiger partial charge in [0.2, 0.25) is 5.91 Å². The molecule has 0 aliphatic heterocycles. The van der Waals surface area contributed by atoms with Crippen molar-refractivity contribution in [3.63, 3.8) is 0 Å². The highest BCUT2D eigenvalue weighted by Crippen LogP contribution is 2.16. The third kappa shape index (κ3) is 12.1. The van der Waals surface area contributed by atoms with Crippen LogP contribution in [0.2, 0.25) is 12.1 Å². The third-order valence-corrected chi connectivity index (χ3v) is 3.56. The van der Waals surface area contributed by atoms with Gasteiger partial charge in [0.05, 0.1) is 0 Å². The number of hydrogen-bond acceptors (Lipinski definition) is 2. The van der Waals surface area contributed by atoms with Crippen molar-refractivity contribution in [1.29, 1.82) is 0 Å². The minimum atomic E-state index is 0.114. The molecule has 0 saturated carbocycles. The standard InChI is InChI=1S/C16H31BN2O/c1-3-5-6-7-10-15(4-2)17-12-9-8-11-16(20)19-14-13-18/h2,15,17H,3,5-14,18H2,1H3,(H,19,20). The molecule has 20 heavy (non-hydrogen) atoms. The summed E-state index contributed by atoms with van der Waals surface area (Å²) < 4.78 is 0. The number of carbonyl (C=O) groups is 1. The maximum absolute atomic E-state index is 11.4. The van der Waals surface area contributed by atoms with Gasteiger partial charge in [-0.05, 0) is 18.7 Å². The van der Waals surface area contributed by atoms with Crippen LogP contribution in [-0.2, 0) is 4.79 Å². The number of carbonyl (C=O) groups excluding carboxylic acids is 1. The van der Waals surface area contributed by atoms with Crippen LogP contribution < -0.4 is 11.1 Å². The van der Waals surface area contributed by atoms with Crippen LogP contribution in [0.15, 0.2) is 0 Å². The van der Waals surface area contributed by atoms with Crippen molar-refractivity contribution in [1.82, 2.24) is 5.32 Å². The minimum absolute atomic E-state index is 0.114. The molecule has 0 bridgehead atoms. The lowest BCUT2D eigenvalue weighted by Gasteiger charge is -2.09. The highest BCUT2D eigenvalue weighted by molar-refractivity contribution is 6.38. The van der Waals surface area contributed by atoms with Gasteiger partial charge >= 0.3 is 0 Å². The first-order valence-corrected chi connectivity index (χ1v) is 8.17. The molecular weight excluding hydrogens is 247 g/mol. The minimum Gasteiger partial charge on any atom is -0.355 e. The van der Waals surface area contributed by atoms with Gasteiger partial charge in [0.15, 0.2) is 0 Å². The number of nitrogens with one attached hydrogen (secondary N) is 1. The molecule has 0 heterocycles. The largest absolute Gasteiger partial charge is 0.355 e. The lowest BCUT2D eigenvalue weighted by atomic mass is 9.59. The third-order valence-electron chi connectivity index (χ3n) is 3.56. The highest BCUT2D eigenvalue weighted by Gasteiger charge is 2.07. The van der Waals surface area contributed by atoms with Crippen molar-refractivity contribution in [3.8, 4) is 12.3 Å². The van der Waals surface area contributed by atoms with Crippen molar-refractivity contribution in [2.75, 3.05) is 13.1 Å². The normalized spacial score (nSPS) is 11.7. The molecular formula is C16H31BN2O. The maximum atomic E-state index is 11.4. The van der Waals surface area contributed by atoms with Gasteiger partial charge in [-0.2, -0.15) is 0 Å². The molecule has 1 unspecified atom stereocenters. The second-order valence-corrected chi connectivity index (χ2v) is 5.45. The molecule has 0 aliphatic rings. The summed E-state index contributed by atoms with van der Waals surface area (Å²) in [6.07, 6.45) is 15.7. The van der Waals surface area contributed by atoms with Crippen LogP contribution in [0.3, 0.4) is 0 Å². The van der Waals surface area contributed by atoms with Crippen molar-refractivity contribution < 1.29 is 4.79 Å². The van der Waals surface area contributed by atoms with Crippen molar-refractivity contribution in [2.24, 2.45) is 5.73 Å². The second kappa shape index (κ2) is 14.5. The molecule has 0 saturated heterocycles. The number of terminal acetylenes is 1. The number of amides is 1. The van der Waals surface area contributed by atoms with Gasteiger partial charge in [0.25, 0.3) is 0 Å². The number of rotatable bonds is 13.